The van der Waals surface area contributed by atoms with Crippen LogP contribution in [0.1, 0.15) is 6.92 Å². The first-order valence-corrected chi connectivity index (χ1v) is 5.75. The molecule has 1 heterocycles. The van der Waals surface area contributed by atoms with Crippen molar-refractivity contribution in [2.45, 2.75) is 18.2 Å². The summed E-state index contributed by atoms with van der Waals surface area (Å²) in [7, 11) is 0. The zero-order valence-corrected chi connectivity index (χ0v) is 8.90. The second-order valence-corrected chi connectivity index (χ2v) is 4.12. The van der Waals surface area contributed by atoms with Crippen molar-refractivity contribution in [3.63, 3.8) is 0 Å². The van der Waals surface area contributed by atoms with Crippen LogP contribution in [0, 0.1) is 0 Å². The van der Waals surface area contributed by atoms with Crippen LogP contribution in [0.4, 0.5) is 0 Å². The molecule has 1 aliphatic heterocycles. The van der Waals surface area contributed by atoms with Crippen molar-refractivity contribution in [3.05, 3.63) is 0 Å². The molecule has 1 rings (SSSR count). The SMILES string of the molecule is CSC(CO)C(C)NC1=NCCN1. The van der Waals surface area contributed by atoms with Crippen LogP contribution in [0.2, 0.25) is 0 Å². The van der Waals surface area contributed by atoms with Gasteiger partial charge in [-0.05, 0) is 13.2 Å². The predicted molar refractivity (Wildman–Crippen MR) is 57.3 cm³/mol. The van der Waals surface area contributed by atoms with E-state index in [1.807, 2.05) is 6.26 Å². The molecule has 0 bridgehead atoms. The maximum absolute atomic E-state index is 9.05. The van der Waals surface area contributed by atoms with Crippen molar-refractivity contribution >= 4 is 17.7 Å². The molecule has 0 spiro atoms. The summed E-state index contributed by atoms with van der Waals surface area (Å²) in [5.41, 5.74) is 0. The van der Waals surface area contributed by atoms with Crippen molar-refractivity contribution in [1.82, 2.24) is 10.6 Å². The third-order valence-corrected chi connectivity index (χ3v) is 3.24. The van der Waals surface area contributed by atoms with Crippen molar-refractivity contribution in [3.8, 4) is 0 Å². The average molecular weight is 203 g/mol. The van der Waals surface area contributed by atoms with Crippen LogP contribution in [-0.2, 0) is 0 Å². The quantitative estimate of drug-likeness (QED) is 0.584. The van der Waals surface area contributed by atoms with Gasteiger partial charge in [0.05, 0.1) is 13.2 Å². The molecule has 0 radical (unpaired) electrons. The van der Waals surface area contributed by atoms with E-state index in [2.05, 4.69) is 22.5 Å². The maximum atomic E-state index is 9.05. The Kier molecular flexibility index (Phi) is 4.38. The molecule has 0 aliphatic carbocycles. The van der Waals surface area contributed by atoms with E-state index in [0.29, 0.717) is 0 Å². The van der Waals surface area contributed by atoms with Gasteiger partial charge in [0.1, 0.15) is 0 Å². The Labute approximate surface area is 83.2 Å². The summed E-state index contributed by atoms with van der Waals surface area (Å²) in [6.45, 7) is 4.01. The van der Waals surface area contributed by atoms with E-state index in [-0.39, 0.29) is 17.9 Å². The molecule has 76 valence electrons. The number of hydrogen-bond donors (Lipinski definition) is 3. The Hall–Kier alpha value is -0.420. The van der Waals surface area contributed by atoms with Crippen LogP contribution in [0.3, 0.4) is 0 Å². The Bertz CT molecular complexity index is 182. The lowest BCUT2D eigenvalue weighted by Gasteiger charge is -2.22. The van der Waals surface area contributed by atoms with E-state index < -0.39 is 0 Å². The molecule has 5 heteroatoms. The van der Waals surface area contributed by atoms with Gasteiger partial charge in [0.25, 0.3) is 0 Å². The number of aliphatic hydroxyl groups excluding tert-OH is 1. The molecule has 0 saturated heterocycles. The van der Waals surface area contributed by atoms with E-state index in [9.17, 15) is 0 Å². The maximum Gasteiger partial charge on any atom is 0.191 e. The molecular formula is C8H17N3OS. The van der Waals surface area contributed by atoms with Crippen molar-refractivity contribution < 1.29 is 5.11 Å². The van der Waals surface area contributed by atoms with Crippen molar-refractivity contribution in [2.75, 3.05) is 26.0 Å². The monoisotopic (exact) mass is 203 g/mol. The molecule has 0 aromatic carbocycles. The van der Waals surface area contributed by atoms with Crippen LogP contribution in [0.15, 0.2) is 4.99 Å². The Morgan fingerprint density at radius 3 is 3.00 bits per heavy atom. The summed E-state index contributed by atoms with van der Waals surface area (Å²) >= 11 is 1.67. The molecular weight excluding hydrogens is 186 g/mol. The zero-order valence-electron chi connectivity index (χ0n) is 8.08. The van der Waals surface area contributed by atoms with Gasteiger partial charge in [0.15, 0.2) is 5.96 Å². The van der Waals surface area contributed by atoms with Crippen LogP contribution in [-0.4, -0.2) is 48.3 Å². The van der Waals surface area contributed by atoms with Crippen molar-refractivity contribution in [1.29, 1.82) is 0 Å². The Morgan fingerprint density at radius 2 is 2.54 bits per heavy atom. The highest BCUT2D eigenvalue weighted by Crippen LogP contribution is 2.10. The fourth-order valence-electron chi connectivity index (χ4n) is 1.24. The first-order chi connectivity index (χ1) is 6.27. The summed E-state index contributed by atoms with van der Waals surface area (Å²) in [6, 6.07) is 0.240. The highest BCUT2D eigenvalue weighted by Gasteiger charge is 2.17. The third-order valence-electron chi connectivity index (χ3n) is 2.08. The molecule has 0 aromatic rings. The first-order valence-electron chi connectivity index (χ1n) is 4.46. The molecule has 2 atom stereocenters. The average Bonchev–Trinajstić information content (AvgIpc) is 2.59. The number of guanidine groups is 1. The van der Waals surface area contributed by atoms with Crippen LogP contribution in [0.25, 0.3) is 0 Å². The highest BCUT2D eigenvalue weighted by atomic mass is 32.2. The number of hydrogen-bond acceptors (Lipinski definition) is 5. The summed E-state index contributed by atoms with van der Waals surface area (Å²) < 4.78 is 0. The lowest BCUT2D eigenvalue weighted by atomic mass is 10.2. The first kappa shape index (κ1) is 10.7. The van der Waals surface area contributed by atoms with E-state index >= 15 is 0 Å². The van der Waals surface area contributed by atoms with Gasteiger partial charge in [-0.25, -0.2) is 0 Å². The topological polar surface area (TPSA) is 56.6 Å². The predicted octanol–water partition coefficient (Wildman–Crippen LogP) is -0.352. The van der Waals surface area contributed by atoms with E-state index in [1.165, 1.54) is 0 Å². The molecule has 0 aromatic heterocycles. The number of thioether (sulfide) groups is 1. The van der Waals surface area contributed by atoms with Gasteiger partial charge < -0.3 is 15.7 Å². The minimum absolute atomic E-state index is 0.197. The lowest BCUT2D eigenvalue weighted by molar-refractivity contribution is 0.281. The number of aliphatic imine (C=N–C) groups is 1. The van der Waals surface area contributed by atoms with Crippen molar-refractivity contribution in [2.24, 2.45) is 4.99 Å². The Morgan fingerprint density at radius 1 is 1.77 bits per heavy atom. The number of nitrogens with one attached hydrogen (secondary N) is 2. The largest absolute Gasteiger partial charge is 0.395 e. The van der Waals surface area contributed by atoms with Gasteiger partial charge in [-0.3, -0.25) is 4.99 Å². The molecule has 0 fully saturated rings. The molecule has 3 N–H and O–H groups in total. The normalized spacial score (nSPS) is 20.4. The van der Waals surface area contributed by atoms with Gasteiger partial charge in [-0.2, -0.15) is 11.8 Å². The smallest absolute Gasteiger partial charge is 0.191 e. The standard InChI is InChI=1S/C8H17N3OS/c1-6(7(5-12)13-2)11-8-9-3-4-10-8/h6-7,12H,3-5H2,1-2H3,(H2,9,10,11). The van der Waals surface area contributed by atoms with Gasteiger partial charge in [-0.1, -0.05) is 0 Å². The van der Waals surface area contributed by atoms with Crippen LogP contribution >= 0.6 is 11.8 Å². The number of nitrogens with zero attached hydrogens (tertiary/aromatic N) is 1. The molecule has 2 unspecified atom stereocenters. The van der Waals surface area contributed by atoms with E-state index in [0.717, 1.165) is 19.0 Å². The van der Waals surface area contributed by atoms with Gasteiger partial charge in [-0.15, -0.1) is 0 Å². The lowest BCUT2D eigenvalue weighted by Crippen LogP contribution is -2.45. The van der Waals surface area contributed by atoms with E-state index in [1.54, 1.807) is 11.8 Å². The zero-order chi connectivity index (χ0) is 9.68. The van der Waals surface area contributed by atoms with E-state index in [4.69, 9.17) is 5.11 Å². The Balaban J connectivity index is 2.34. The fourth-order valence-corrected chi connectivity index (χ4v) is 1.87. The van der Waals surface area contributed by atoms with Gasteiger partial charge >= 0.3 is 0 Å². The summed E-state index contributed by atoms with van der Waals surface area (Å²) in [5.74, 6) is 0.861. The third kappa shape index (κ3) is 3.08. The molecule has 0 amide bonds. The summed E-state index contributed by atoms with van der Waals surface area (Å²) in [4.78, 5) is 4.23. The molecule has 13 heavy (non-hydrogen) atoms. The highest BCUT2D eigenvalue weighted by molar-refractivity contribution is 7.99. The summed E-state index contributed by atoms with van der Waals surface area (Å²) in [5, 5.41) is 15.7. The molecule has 4 nitrogen and oxygen atoms in total. The van der Waals surface area contributed by atoms with Crippen LogP contribution in [0.5, 0.6) is 0 Å². The second-order valence-electron chi connectivity index (χ2n) is 3.05. The number of aliphatic hydroxyl groups is 1. The van der Waals surface area contributed by atoms with Gasteiger partial charge in [0, 0.05) is 17.8 Å². The minimum Gasteiger partial charge on any atom is -0.395 e. The second kappa shape index (κ2) is 5.34. The summed E-state index contributed by atoms with van der Waals surface area (Å²) in [6.07, 6.45) is 2.00. The molecule has 1 aliphatic rings. The minimum atomic E-state index is 0.197. The van der Waals surface area contributed by atoms with Crippen LogP contribution < -0.4 is 10.6 Å². The number of rotatable bonds is 4. The molecule has 0 saturated carbocycles. The van der Waals surface area contributed by atoms with Gasteiger partial charge in [0.2, 0.25) is 0 Å². The fraction of sp³-hybridized carbons (Fsp3) is 0.875.